The van der Waals surface area contributed by atoms with Gasteiger partial charge in [-0.2, -0.15) is 0 Å². The third kappa shape index (κ3) is 1.65. The second kappa shape index (κ2) is 3.67. The highest BCUT2D eigenvalue weighted by Crippen LogP contribution is 2.07. The Bertz CT molecular complexity index is 315. The van der Waals surface area contributed by atoms with E-state index in [1.165, 1.54) is 0 Å². The Balaban J connectivity index is 1.99. The first kappa shape index (κ1) is 9.61. The molecule has 0 aromatic carbocycles. The summed E-state index contributed by atoms with van der Waals surface area (Å²) in [6, 6.07) is 0.659. The van der Waals surface area contributed by atoms with Crippen LogP contribution in [-0.2, 0) is 13.6 Å². The van der Waals surface area contributed by atoms with Crippen LogP contribution in [0.4, 0.5) is 0 Å². The maximum atomic E-state index is 4.15. The highest BCUT2D eigenvalue weighted by atomic mass is 15.3. The van der Waals surface area contributed by atoms with Crippen molar-refractivity contribution in [2.24, 2.45) is 7.05 Å². The SMILES string of the molecule is Cc1nnc(CN(C)C2CNC2)n1C. The molecule has 2 rings (SSSR count). The van der Waals surface area contributed by atoms with Gasteiger partial charge in [0.15, 0.2) is 0 Å². The second-order valence-corrected chi connectivity index (χ2v) is 3.95. The molecule has 0 spiro atoms. The molecule has 0 unspecified atom stereocenters. The molecule has 78 valence electrons. The molecule has 0 radical (unpaired) electrons. The molecule has 0 atom stereocenters. The van der Waals surface area contributed by atoms with Crippen LogP contribution in [0.1, 0.15) is 11.6 Å². The fourth-order valence-corrected chi connectivity index (χ4v) is 1.53. The molecule has 1 aromatic heterocycles. The van der Waals surface area contributed by atoms with Crippen LogP contribution in [0, 0.1) is 6.92 Å². The standard InChI is InChI=1S/C9H17N5/c1-7-11-12-9(14(7)3)6-13(2)8-4-10-5-8/h8,10H,4-6H2,1-3H3. The molecule has 1 aromatic rings. The molecule has 0 bridgehead atoms. The molecule has 1 saturated heterocycles. The van der Waals surface area contributed by atoms with Crippen LogP contribution in [0.2, 0.25) is 0 Å². The number of rotatable bonds is 3. The lowest BCUT2D eigenvalue weighted by atomic mass is 10.1. The van der Waals surface area contributed by atoms with Crippen molar-refractivity contribution in [1.29, 1.82) is 0 Å². The van der Waals surface area contributed by atoms with E-state index in [-0.39, 0.29) is 0 Å². The van der Waals surface area contributed by atoms with Gasteiger partial charge in [-0.3, -0.25) is 4.90 Å². The Hall–Kier alpha value is -0.940. The van der Waals surface area contributed by atoms with Crippen LogP contribution < -0.4 is 5.32 Å². The highest BCUT2D eigenvalue weighted by Gasteiger charge is 2.22. The number of nitrogens with zero attached hydrogens (tertiary/aromatic N) is 4. The Morgan fingerprint density at radius 3 is 2.64 bits per heavy atom. The van der Waals surface area contributed by atoms with E-state index < -0.39 is 0 Å². The van der Waals surface area contributed by atoms with Crippen molar-refractivity contribution in [3.8, 4) is 0 Å². The summed E-state index contributed by atoms with van der Waals surface area (Å²) >= 11 is 0. The molecule has 0 saturated carbocycles. The van der Waals surface area contributed by atoms with Crippen LogP contribution in [0.15, 0.2) is 0 Å². The van der Waals surface area contributed by atoms with Gasteiger partial charge in [-0.1, -0.05) is 0 Å². The highest BCUT2D eigenvalue weighted by molar-refractivity contribution is 4.94. The van der Waals surface area contributed by atoms with Gasteiger partial charge in [0.2, 0.25) is 0 Å². The van der Waals surface area contributed by atoms with E-state index in [2.05, 4.69) is 27.5 Å². The van der Waals surface area contributed by atoms with E-state index in [0.717, 1.165) is 31.3 Å². The first-order valence-electron chi connectivity index (χ1n) is 4.94. The third-order valence-electron chi connectivity index (χ3n) is 2.96. The van der Waals surface area contributed by atoms with Gasteiger partial charge in [-0.15, -0.1) is 10.2 Å². The summed E-state index contributed by atoms with van der Waals surface area (Å²) < 4.78 is 2.04. The number of likely N-dealkylation sites (N-methyl/N-ethyl adjacent to an activating group) is 1. The zero-order valence-corrected chi connectivity index (χ0v) is 8.99. The van der Waals surface area contributed by atoms with Crippen molar-refractivity contribution in [3.63, 3.8) is 0 Å². The molecule has 2 heterocycles. The summed E-state index contributed by atoms with van der Waals surface area (Å²) in [5.74, 6) is 2.01. The summed E-state index contributed by atoms with van der Waals surface area (Å²) in [5.41, 5.74) is 0. The van der Waals surface area contributed by atoms with Crippen LogP contribution in [0.5, 0.6) is 0 Å². The van der Waals surface area contributed by atoms with Crippen LogP contribution in [0.25, 0.3) is 0 Å². The Labute approximate surface area is 84.1 Å². The van der Waals surface area contributed by atoms with Gasteiger partial charge in [0.25, 0.3) is 0 Å². The van der Waals surface area contributed by atoms with E-state index in [9.17, 15) is 0 Å². The molecule has 1 aliphatic rings. The Kier molecular flexibility index (Phi) is 2.52. The topological polar surface area (TPSA) is 46.0 Å². The summed E-state index contributed by atoms with van der Waals surface area (Å²) in [6.07, 6.45) is 0. The average Bonchev–Trinajstić information content (AvgIpc) is 2.33. The Morgan fingerprint density at radius 1 is 1.50 bits per heavy atom. The summed E-state index contributed by atoms with van der Waals surface area (Å²) in [5, 5.41) is 11.5. The first-order chi connectivity index (χ1) is 6.68. The van der Waals surface area contributed by atoms with Gasteiger partial charge in [-0.25, -0.2) is 0 Å². The lowest BCUT2D eigenvalue weighted by Gasteiger charge is -2.35. The lowest BCUT2D eigenvalue weighted by Crippen LogP contribution is -2.55. The van der Waals surface area contributed by atoms with Crippen LogP contribution in [-0.4, -0.2) is 45.8 Å². The predicted octanol–water partition coefficient (Wildman–Crippen LogP) is -0.473. The van der Waals surface area contributed by atoms with E-state index in [4.69, 9.17) is 0 Å². The zero-order valence-electron chi connectivity index (χ0n) is 8.99. The molecular weight excluding hydrogens is 178 g/mol. The smallest absolute Gasteiger partial charge is 0.146 e. The number of aromatic nitrogens is 3. The molecule has 0 aliphatic carbocycles. The van der Waals surface area contributed by atoms with E-state index >= 15 is 0 Å². The van der Waals surface area contributed by atoms with E-state index in [1.807, 2.05) is 18.5 Å². The van der Waals surface area contributed by atoms with Crippen molar-refractivity contribution in [2.45, 2.75) is 19.5 Å². The number of nitrogens with one attached hydrogen (secondary N) is 1. The number of hydrogen-bond acceptors (Lipinski definition) is 4. The van der Waals surface area contributed by atoms with E-state index in [0.29, 0.717) is 6.04 Å². The van der Waals surface area contributed by atoms with Crippen molar-refractivity contribution in [3.05, 3.63) is 11.6 Å². The lowest BCUT2D eigenvalue weighted by molar-refractivity contribution is 0.168. The van der Waals surface area contributed by atoms with Gasteiger partial charge in [0.1, 0.15) is 11.6 Å². The quantitative estimate of drug-likeness (QED) is 0.708. The van der Waals surface area contributed by atoms with Gasteiger partial charge < -0.3 is 9.88 Å². The minimum absolute atomic E-state index is 0.659. The molecule has 1 fully saturated rings. The molecule has 1 aliphatic heterocycles. The van der Waals surface area contributed by atoms with Gasteiger partial charge >= 0.3 is 0 Å². The van der Waals surface area contributed by atoms with Gasteiger partial charge in [-0.05, 0) is 14.0 Å². The van der Waals surface area contributed by atoms with Crippen LogP contribution in [0.3, 0.4) is 0 Å². The van der Waals surface area contributed by atoms with Crippen molar-refractivity contribution >= 4 is 0 Å². The fourth-order valence-electron chi connectivity index (χ4n) is 1.53. The van der Waals surface area contributed by atoms with Crippen molar-refractivity contribution < 1.29 is 0 Å². The second-order valence-electron chi connectivity index (χ2n) is 3.95. The van der Waals surface area contributed by atoms with Crippen molar-refractivity contribution in [2.75, 3.05) is 20.1 Å². The summed E-state index contributed by atoms with van der Waals surface area (Å²) in [7, 11) is 4.15. The monoisotopic (exact) mass is 195 g/mol. The minimum Gasteiger partial charge on any atom is -0.317 e. The largest absolute Gasteiger partial charge is 0.317 e. The van der Waals surface area contributed by atoms with Gasteiger partial charge in [0, 0.05) is 26.2 Å². The summed E-state index contributed by atoms with van der Waals surface area (Å²) in [4.78, 5) is 2.32. The average molecular weight is 195 g/mol. The fraction of sp³-hybridized carbons (Fsp3) is 0.778. The van der Waals surface area contributed by atoms with E-state index in [1.54, 1.807) is 0 Å². The van der Waals surface area contributed by atoms with Gasteiger partial charge in [0.05, 0.1) is 6.54 Å². The third-order valence-corrected chi connectivity index (χ3v) is 2.96. The first-order valence-corrected chi connectivity index (χ1v) is 4.94. The normalized spacial score (nSPS) is 17.4. The summed E-state index contributed by atoms with van der Waals surface area (Å²) in [6.45, 7) is 5.03. The predicted molar refractivity (Wildman–Crippen MR) is 53.9 cm³/mol. The zero-order chi connectivity index (χ0) is 10.1. The minimum atomic E-state index is 0.659. The maximum Gasteiger partial charge on any atom is 0.146 e. The number of aryl methyl sites for hydroxylation is 1. The van der Waals surface area contributed by atoms with Crippen molar-refractivity contribution in [1.82, 2.24) is 25.0 Å². The molecular formula is C9H17N5. The molecule has 0 amide bonds. The molecule has 14 heavy (non-hydrogen) atoms. The molecule has 5 heteroatoms. The maximum absolute atomic E-state index is 4.15. The van der Waals surface area contributed by atoms with Crippen LogP contribution >= 0.6 is 0 Å². The number of hydrogen-bond donors (Lipinski definition) is 1. The molecule has 5 nitrogen and oxygen atoms in total. The Morgan fingerprint density at radius 2 is 2.21 bits per heavy atom. The molecule has 1 N–H and O–H groups in total.